The largest absolute Gasteiger partial charge is 0.497 e. The van der Waals surface area contributed by atoms with E-state index in [0.29, 0.717) is 23.7 Å². The number of carbonyl (C=O) groups excluding carboxylic acids is 1. The molecule has 7 nitrogen and oxygen atoms in total. The average molecular weight is 399 g/mol. The first-order valence-electron chi connectivity index (χ1n) is 9.98. The Hall–Kier alpha value is -2.93. The van der Waals surface area contributed by atoms with Crippen molar-refractivity contribution in [2.75, 3.05) is 63.7 Å². The van der Waals surface area contributed by atoms with Gasteiger partial charge in [0.1, 0.15) is 11.5 Å². The maximum absolute atomic E-state index is 12.1. The molecule has 2 aromatic rings. The molecule has 1 aliphatic heterocycles. The number of anilines is 2. The van der Waals surface area contributed by atoms with Crippen molar-refractivity contribution in [2.45, 2.75) is 6.42 Å². The first-order valence-corrected chi connectivity index (χ1v) is 9.98. The fraction of sp³-hybridized carbons (Fsp3) is 0.409. The van der Waals surface area contributed by atoms with Crippen LogP contribution in [0.5, 0.6) is 11.5 Å². The smallest absolute Gasteiger partial charge is 0.319 e. The molecule has 2 N–H and O–H groups in total. The second kappa shape index (κ2) is 10.6. The molecule has 7 heteroatoms. The first-order chi connectivity index (χ1) is 14.2. The summed E-state index contributed by atoms with van der Waals surface area (Å²) in [6.07, 6.45) is 0.917. The Labute approximate surface area is 172 Å². The molecule has 156 valence electrons. The SMILES string of the molecule is COc1cc(NC(=O)NCCCN2CCN(c3ccccc3)CC2)cc(OC)c1. The number of benzene rings is 2. The number of ether oxygens (including phenoxy) is 2. The summed E-state index contributed by atoms with van der Waals surface area (Å²) < 4.78 is 10.4. The van der Waals surface area contributed by atoms with Crippen molar-refractivity contribution in [3.63, 3.8) is 0 Å². The highest BCUT2D eigenvalue weighted by molar-refractivity contribution is 5.89. The minimum Gasteiger partial charge on any atom is -0.497 e. The van der Waals surface area contributed by atoms with Crippen LogP contribution < -0.4 is 25.0 Å². The van der Waals surface area contributed by atoms with E-state index in [-0.39, 0.29) is 6.03 Å². The fourth-order valence-corrected chi connectivity index (χ4v) is 3.43. The Balaban J connectivity index is 1.34. The number of hydrogen-bond acceptors (Lipinski definition) is 5. The second-order valence-electron chi connectivity index (χ2n) is 7.00. The quantitative estimate of drug-likeness (QED) is 0.669. The lowest BCUT2D eigenvalue weighted by Gasteiger charge is -2.36. The van der Waals surface area contributed by atoms with Crippen LogP contribution in [0.3, 0.4) is 0 Å². The van der Waals surface area contributed by atoms with Crippen LogP contribution >= 0.6 is 0 Å². The summed E-state index contributed by atoms with van der Waals surface area (Å²) in [5, 5.41) is 5.73. The van der Waals surface area contributed by atoms with Gasteiger partial charge in [0.05, 0.1) is 14.2 Å². The number of piperazine rings is 1. The molecule has 0 aromatic heterocycles. The predicted octanol–water partition coefficient (Wildman–Crippen LogP) is 3.04. The van der Waals surface area contributed by atoms with E-state index < -0.39 is 0 Å². The lowest BCUT2D eigenvalue weighted by Crippen LogP contribution is -2.47. The van der Waals surface area contributed by atoms with Crippen LogP contribution in [0.1, 0.15) is 6.42 Å². The van der Waals surface area contributed by atoms with E-state index in [9.17, 15) is 4.79 Å². The molecule has 2 aromatic carbocycles. The zero-order chi connectivity index (χ0) is 20.5. The lowest BCUT2D eigenvalue weighted by atomic mass is 10.2. The van der Waals surface area contributed by atoms with Gasteiger partial charge in [0, 0.05) is 62.3 Å². The zero-order valence-corrected chi connectivity index (χ0v) is 17.2. The third-order valence-electron chi connectivity index (χ3n) is 5.04. The van der Waals surface area contributed by atoms with Gasteiger partial charge >= 0.3 is 6.03 Å². The number of hydrogen-bond donors (Lipinski definition) is 2. The number of urea groups is 1. The zero-order valence-electron chi connectivity index (χ0n) is 17.2. The lowest BCUT2D eigenvalue weighted by molar-refractivity contribution is 0.244. The molecule has 1 heterocycles. The van der Waals surface area contributed by atoms with E-state index in [2.05, 4.69) is 44.7 Å². The van der Waals surface area contributed by atoms with Crippen molar-refractivity contribution in [1.29, 1.82) is 0 Å². The van der Waals surface area contributed by atoms with Gasteiger partial charge in [-0.3, -0.25) is 4.90 Å². The van der Waals surface area contributed by atoms with Crippen molar-refractivity contribution in [1.82, 2.24) is 10.2 Å². The molecule has 0 radical (unpaired) electrons. The molecule has 1 saturated heterocycles. The van der Waals surface area contributed by atoms with E-state index in [1.807, 2.05) is 6.07 Å². The number of carbonyl (C=O) groups is 1. The molecule has 1 aliphatic rings. The molecule has 0 atom stereocenters. The van der Waals surface area contributed by atoms with Gasteiger partial charge in [-0.1, -0.05) is 18.2 Å². The Morgan fingerprint density at radius 2 is 1.62 bits per heavy atom. The summed E-state index contributed by atoms with van der Waals surface area (Å²) in [5.41, 5.74) is 1.93. The monoisotopic (exact) mass is 398 g/mol. The molecule has 0 bridgehead atoms. The van der Waals surface area contributed by atoms with Crippen LogP contribution in [0.2, 0.25) is 0 Å². The van der Waals surface area contributed by atoms with Crippen molar-refractivity contribution in [2.24, 2.45) is 0 Å². The van der Waals surface area contributed by atoms with Gasteiger partial charge in [0.25, 0.3) is 0 Å². The Bertz CT molecular complexity index is 755. The van der Waals surface area contributed by atoms with Gasteiger partial charge in [0.15, 0.2) is 0 Å². The van der Waals surface area contributed by atoms with E-state index in [1.165, 1.54) is 5.69 Å². The molecular weight excluding hydrogens is 368 g/mol. The standard InChI is InChI=1S/C22H30N4O3/c1-28-20-15-18(16-21(17-20)29-2)24-22(27)23-9-6-10-25-11-13-26(14-12-25)19-7-4-3-5-8-19/h3-5,7-8,15-17H,6,9-14H2,1-2H3,(H2,23,24,27). The maximum atomic E-state index is 12.1. The Kier molecular flexibility index (Phi) is 7.58. The van der Waals surface area contributed by atoms with Gasteiger partial charge in [-0.15, -0.1) is 0 Å². The minimum atomic E-state index is -0.228. The summed E-state index contributed by atoms with van der Waals surface area (Å²) in [4.78, 5) is 17.0. The van der Waals surface area contributed by atoms with E-state index in [1.54, 1.807) is 32.4 Å². The minimum absolute atomic E-state index is 0.228. The van der Waals surface area contributed by atoms with Crippen molar-refractivity contribution in [3.8, 4) is 11.5 Å². The maximum Gasteiger partial charge on any atom is 0.319 e. The summed E-state index contributed by atoms with van der Waals surface area (Å²) in [6.45, 7) is 5.78. The number of nitrogens with zero attached hydrogens (tertiary/aromatic N) is 2. The highest BCUT2D eigenvalue weighted by Gasteiger charge is 2.16. The second-order valence-corrected chi connectivity index (χ2v) is 7.00. The van der Waals surface area contributed by atoms with Gasteiger partial charge in [0.2, 0.25) is 0 Å². The molecule has 0 spiro atoms. The Morgan fingerprint density at radius 1 is 0.966 bits per heavy atom. The molecule has 0 saturated carbocycles. The number of amides is 2. The van der Waals surface area contributed by atoms with Crippen LogP contribution in [0, 0.1) is 0 Å². The molecule has 0 unspecified atom stereocenters. The normalized spacial score (nSPS) is 14.3. The first kappa shape index (κ1) is 20.8. The summed E-state index contributed by atoms with van der Waals surface area (Å²) in [6, 6.07) is 15.6. The van der Waals surface area contributed by atoms with Crippen LogP contribution in [-0.4, -0.2) is 64.4 Å². The molecule has 1 fully saturated rings. The van der Waals surface area contributed by atoms with Gasteiger partial charge in [-0.2, -0.15) is 0 Å². The van der Waals surface area contributed by atoms with Gasteiger partial charge in [-0.25, -0.2) is 4.79 Å². The summed E-state index contributed by atoms with van der Waals surface area (Å²) >= 11 is 0. The van der Waals surface area contributed by atoms with Crippen LogP contribution in [0.4, 0.5) is 16.2 Å². The van der Waals surface area contributed by atoms with E-state index >= 15 is 0 Å². The predicted molar refractivity (Wildman–Crippen MR) is 116 cm³/mol. The number of para-hydroxylation sites is 1. The highest BCUT2D eigenvalue weighted by atomic mass is 16.5. The highest BCUT2D eigenvalue weighted by Crippen LogP contribution is 2.25. The van der Waals surface area contributed by atoms with Crippen LogP contribution in [0.15, 0.2) is 48.5 Å². The molecular formula is C22H30N4O3. The van der Waals surface area contributed by atoms with E-state index in [4.69, 9.17) is 9.47 Å². The van der Waals surface area contributed by atoms with Crippen LogP contribution in [0.25, 0.3) is 0 Å². The number of methoxy groups -OCH3 is 2. The fourth-order valence-electron chi connectivity index (χ4n) is 3.43. The molecule has 0 aliphatic carbocycles. The third-order valence-corrected chi connectivity index (χ3v) is 5.04. The molecule has 29 heavy (non-hydrogen) atoms. The number of rotatable bonds is 8. The van der Waals surface area contributed by atoms with Crippen LogP contribution in [-0.2, 0) is 0 Å². The topological polar surface area (TPSA) is 66.1 Å². The summed E-state index contributed by atoms with van der Waals surface area (Å²) in [5.74, 6) is 1.27. The van der Waals surface area contributed by atoms with Crippen molar-refractivity contribution in [3.05, 3.63) is 48.5 Å². The number of nitrogens with one attached hydrogen (secondary N) is 2. The van der Waals surface area contributed by atoms with Gasteiger partial charge < -0.3 is 25.0 Å². The molecule has 3 rings (SSSR count). The van der Waals surface area contributed by atoms with Crippen molar-refractivity contribution < 1.29 is 14.3 Å². The third kappa shape index (κ3) is 6.29. The van der Waals surface area contributed by atoms with E-state index in [0.717, 1.165) is 39.1 Å². The summed E-state index contributed by atoms with van der Waals surface area (Å²) in [7, 11) is 3.16. The Morgan fingerprint density at radius 3 is 2.24 bits per heavy atom. The average Bonchev–Trinajstić information content (AvgIpc) is 2.77. The van der Waals surface area contributed by atoms with Gasteiger partial charge in [-0.05, 0) is 25.1 Å². The van der Waals surface area contributed by atoms with Crippen molar-refractivity contribution >= 4 is 17.4 Å². The molecule has 2 amide bonds.